The van der Waals surface area contributed by atoms with E-state index in [2.05, 4.69) is 0 Å². The zero-order chi connectivity index (χ0) is 19.6. The van der Waals surface area contributed by atoms with Crippen LogP contribution in [-0.4, -0.2) is 52.7 Å². The van der Waals surface area contributed by atoms with Crippen LogP contribution < -0.4 is 5.73 Å². The Kier molecular flexibility index (Phi) is 5.07. The second-order valence-electron chi connectivity index (χ2n) is 6.46. The number of anilines is 1. The summed E-state index contributed by atoms with van der Waals surface area (Å²) >= 11 is 0. The van der Waals surface area contributed by atoms with Crippen molar-refractivity contribution < 1.29 is 14.5 Å². The predicted molar refractivity (Wildman–Crippen MR) is 100 cm³/mol. The number of carbonyl (C=O) groups is 2. The van der Waals surface area contributed by atoms with Crippen LogP contribution in [0.4, 0.5) is 11.4 Å². The fourth-order valence-corrected chi connectivity index (χ4v) is 3.06. The summed E-state index contributed by atoms with van der Waals surface area (Å²) in [5, 5.41) is 10.7. The van der Waals surface area contributed by atoms with E-state index in [9.17, 15) is 19.7 Å². The molecule has 1 saturated heterocycles. The Morgan fingerprint density at radius 1 is 0.963 bits per heavy atom. The molecule has 0 atom stereocenters. The third kappa shape index (κ3) is 3.89. The van der Waals surface area contributed by atoms with Crippen molar-refractivity contribution in [2.24, 2.45) is 0 Å². The van der Waals surface area contributed by atoms with E-state index in [1.165, 1.54) is 24.3 Å². The van der Waals surface area contributed by atoms with Gasteiger partial charge in [0.25, 0.3) is 17.5 Å². The van der Waals surface area contributed by atoms with Gasteiger partial charge < -0.3 is 15.5 Å². The second kappa shape index (κ2) is 7.45. The van der Waals surface area contributed by atoms with Gasteiger partial charge in [-0.2, -0.15) is 0 Å². The first kappa shape index (κ1) is 18.4. The SMILES string of the molecule is Cc1ccc(N)cc1C(=O)N1CCN(C(=O)c2ccc([N+](=O)[O-])cc2)CC1. The number of nitrogen functional groups attached to an aromatic ring is 1. The number of nitro benzene ring substituents is 1. The number of carbonyl (C=O) groups excluding carboxylic acids is 2. The van der Waals surface area contributed by atoms with Gasteiger partial charge in [0, 0.05) is 55.1 Å². The molecule has 1 aliphatic rings. The Morgan fingerprint density at radius 3 is 2.07 bits per heavy atom. The summed E-state index contributed by atoms with van der Waals surface area (Å²) in [7, 11) is 0. The van der Waals surface area contributed by atoms with Gasteiger partial charge in [-0.15, -0.1) is 0 Å². The maximum atomic E-state index is 12.7. The molecule has 27 heavy (non-hydrogen) atoms. The number of benzene rings is 2. The quantitative estimate of drug-likeness (QED) is 0.507. The Bertz CT molecular complexity index is 887. The first-order valence-corrected chi connectivity index (χ1v) is 8.56. The average molecular weight is 368 g/mol. The molecule has 0 spiro atoms. The topological polar surface area (TPSA) is 110 Å². The predicted octanol–water partition coefficient (Wildman–Crippen LogP) is 2.08. The molecule has 0 saturated carbocycles. The molecule has 2 N–H and O–H groups in total. The molecule has 0 radical (unpaired) electrons. The maximum absolute atomic E-state index is 12.7. The van der Waals surface area contributed by atoms with Crippen molar-refractivity contribution in [2.75, 3.05) is 31.9 Å². The minimum atomic E-state index is -0.503. The summed E-state index contributed by atoms with van der Waals surface area (Å²) in [5.41, 5.74) is 8.10. The Balaban J connectivity index is 1.64. The molecule has 1 fully saturated rings. The minimum Gasteiger partial charge on any atom is -0.399 e. The van der Waals surface area contributed by atoms with Crippen LogP contribution >= 0.6 is 0 Å². The van der Waals surface area contributed by atoms with E-state index < -0.39 is 4.92 Å². The largest absolute Gasteiger partial charge is 0.399 e. The monoisotopic (exact) mass is 368 g/mol. The summed E-state index contributed by atoms with van der Waals surface area (Å²) in [5.74, 6) is -0.292. The molecular formula is C19H20N4O4. The van der Waals surface area contributed by atoms with Gasteiger partial charge in [0.15, 0.2) is 0 Å². The van der Waals surface area contributed by atoms with Crippen LogP contribution in [0.3, 0.4) is 0 Å². The summed E-state index contributed by atoms with van der Waals surface area (Å²) < 4.78 is 0. The van der Waals surface area contributed by atoms with E-state index in [0.29, 0.717) is 43.0 Å². The molecule has 8 nitrogen and oxygen atoms in total. The molecule has 2 aromatic rings. The lowest BCUT2D eigenvalue weighted by Gasteiger charge is -2.35. The number of amides is 2. The van der Waals surface area contributed by atoms with Gasteiger partial charge in [-0.1, -0.05) is 6.07 Å². The Hall–Kier alpha value is -3.42. The van der Waals surface area contributed by atoms with Gasteiger partial charge in [-0.05, 0) is 36.8 Å². The third-order valence-corrected chi connectivity index (χ3v) is 4.67. The molecule has 0 aliphatic carbocycles. The van der Waals surface area contributed by atoms with Crippen molar-refractivity contribution in [1.29, 1.82) is 0 Å². The van der Waals surface area contributed by atoms with E-state index in [1.807, 2.05) is 13.0 Å². The van der Waals surface area contributed by atoms with Gasteiger partial charge in [0.1, 0.15) is 0 Å². The van der Waals surface area contributed by atoms with E-state index in [4.69, 9.17) is 5.73 Å². The molecule has 8 heteroatoms. The number of nitrogens with two attached hydrogens (primary N) is 1. The van der Waals surface area contributed by atoms with E-state index >= 15 is 0 Å². The molecular weight excluding hydrogens is 348 g/mol. The average Bonchev–Trinajstić information content (AvgIpc) is 2.69. The van der Waals surface area contributed by atoms with Crippen molar-refractivity contribution in [3.63, 3.8) is 0 Å². The lowest BCUT2D eigenvalue weighted by molar-refractivity contribution is -0.384. The van der Waals surface area contributed by atoms with Crippen LogP contribution in [0.1, 0.15) is 26.3 Å². The third-order valence-electron chi connectivity index (χ3n) is 4.67. The lowest BCUT2D eigenvalue weighted by Crippen LogP contribution is -2.50. The minimum absolute atomic E-state index is 0.0560. The number of piperazine rings is 1. The maximum Gasteiger partial charge on any atom is 0.269 e. The Morgan fingerprint density at radius 2 is 1.52 bits per heavy atom. The highest BCUT2D eigenvalue weighted by molar-refractivity contribution is 5.97. The highest BCUT2D eigenvalue weighted by atomic mass is 16.6. The summed E-state index contributed by atoms with van der Waals surface area (Å²) in [6.45, 7) is 3.52. The van der Waals surface area contributed by atoms with Crippen LogP contribution in [0, 0.1) is 17.0 Å². The first-order valence-electron chi connectivity index (χ1n) is 8.56. The molecule has 0 aromatic heterocycles. The standard InChI is InChI=1S/C19H20N4O4/c1-13-2-5-15(20)12-17(13)19(25)22-10-8-21(9-11-22)18(24)14-3-6-16(7-4-14)23(26)27/h2-7,12H,8-11,20H2,1H3. The smallest absolute Gasteiger partial charge is 0.269 e. The molecule has 1 aliphatic heterocycles. The normalized spacial score (nSPS) is 14.1. The van der Waals surface area contributed by atoms with Crippen molar-refractivity contribution >= 4 is 23.2 Å². The fourth-order valence-electron chi connectivity index (χ4n) is 3.06. The molecule has 3 rings (SSSR count). The van der Waals surface area contributed by atoms with Crippen molar-refractivity contribution in [2.45, 2.75) is 6.92 Å². The zero-order valence-electron chi connectivity index (χ0n) is 14.9. The van der Waals surface area contributed by atoms with Crippen molar-refractivity contribution in [1.82, 2.24) is 9.80 Å². The number of rotatable bonds is 3. The second-order valence-corrected chi connectivity index (χ2v) is 6.46. The Labute approximate surface area is 156 Å². The first-order chi connectivity index (χ1) is 12.9. The van der Waals surface area contributed by atoms with E-state index in [0.717, 1.165) is 5.56 Å². The van der Waals surface area contributed by atoms with Crippen molar-refractivity contribution in [3.8, 4) is 0 Å². The van der Waals surface area contributed by atoms with Crippen molar-refractivity contribution in [3.05, 3.63) is 69.3 Å². The lowest BCUT2D eigenvalue weighted by atomic mass is 10.1. The van der Waals surface area contributed by atoms with Crippen LogP contribution in [0.2, 0.25) is 0 Å². The van der Waals surface area contributed by atoms with Gasteiger partial charge in [0.2, 0.25) is 0 Å². The zero-order valence-corrected chi connectivity index (χ0v) is 14.9. The number of hydrogen-bond acceptors (Lipinski definition) is 5. The van der Waals surface area contributed by atoms with Crippen LogP contribution in [0.25, 0.3) is 0 Å². The number of nitrogens with zero attached hydrogens (tertiary/aromatic N) is 3. The van der Waals surface area contributed by atoms with Crippen LogP contribution in [-0.2, 0) is 0 Å². The number of non-ortho nitro benzene ring substituents is 1. The molecule has 1 heterocycles. The fraction of sp³-hybridized carbons (Fsp3) is 0.263. The number of hydrogen-bond donors (Lipinski definition) is 1. The number of nitro groups is 1. The van der Waals surface area contributed by atoms with Gasteiger partial charge in [-0.3, -0.25) is 19.7 Å². The van der Waals surface area contributed by atoms with Gasteiger partial charge in [0.05, 0.1) is 4.92 Å². The molecule has 2 amide bonds. The van der Waals surface area contributed by atoms with Crippen LogP contribution in [0.15, 0.2) is 42.5 Å². The molecule has 2 aromatic carbocycles. The van der Waals surface area contributed by atoms with Gasteiger partial charge >= 0.3 is 0 Å². The van der Waals surface area contributed by atoms with E-state index in [-0.39, 0.29) is 17.5 Å². The summed E-state index contributed by atoms with van der Waals surface area (Å²) in [6, 6.07) is 10.8. The molecule has 140 valence electrons. The highest BCUT2D eigenvalue weighted by Crippen LogP contribution is 2.18. The van der Waals surface area contributed by atoms with E-state index in [1.54, 1.807) is 21.9 Å². The summed E-state index contributed by atoms with van der Waals surface area (Å²) in [4.78, 5) is 38.9. The van der Waals surface area contributed by atoms with Gasteiger partial charge in [-0.25, -0.2) is 0 Å². The molecule has 0 bridgehead atoms. The highest BCUT2D eigenvalue weighted by Gasteiger charge is 2.26. The number of aryl methyl sites for hydroxylation is 1. The molecule has 0 unspecified atom stereocenters. The summed E-state index contributed by atoms with van der Waals surface area (Å²) in [6.07, 6.45) is 0. The van der Waals surface area contributed by atoms with Crippen LogP contribution in [0.5, 0.6) is 0 Å².